The molecule has 2 aromatic rings. The van der Waals surface area contributed by atoms with Crippen molar-refractivity contribution >= 4 is 22.9 Å². The van der Waals surface area contributed by atoms with Crippen molar-refractivity contribution < 1.29 is 27.9 Å². The van der Waals surface area contributed by atoms with Crippen molar-refractivity contribution in [3.8, 4) is 0 Å². The summed E-state index contributed by atoms with van der Waals surface area (Å²) in [7, 11) is 2.67. The second-order valence-corrected chi connectivity index (χ2v) is 7.02. The first kappa shape index (κ1) is 20.6. The lowest BCUT2D eigenvalue weighted by Crippen LogP contribution is -2.49. The van der Waals surface area contributed by atoms with Crippen LogP contribution in [0.5, 0.6) is 0 Å². The summed E-state index contributed by atoms with van der Waals surface area (Å²) in [6.45, 7) is 5.05. The Hall–Kier alpha value is -2.68. The van der Waals surface area contributed by atoms with E-state index in [2.05, 4.69) is 10.3 Å². The average molecular weight is 383 g/mol. The molecule has 1 aromatic heterocycles. The Labute approximate surface area is 155 Å². The maximum absolute atomic E-state index is 13.9. The van der Waals surface area contributed by atoms with Crippen LogP contribution < -0.4 is 5.32 Å². The van der Waals surface area contributed by atoms with Crippen LogP contribution in [0.25, 0.3) is 10.9 Å². The van der Waals surface area contributed by atoms with Crippen molar-refractivity contribution in [2.45, 2.75) is 38.8 Å². The second kappa shape index (κ2) is 7.91. The van der Waals surface area contributed by atoms with E-state index in [-0.39, 0.29) is 11.8 Å². The van der Waals surface area contributed by atoms with E-state index in [9.17, 15) is 18.4 Å². The van der Waals surface area contributed by atoms with Crippen LogP contribution in [0.4, 0.5) is 13.6 Å². The minimum Gasteiger partial charge on any atom is -0.444 e. The Bertz CT molecular complexity index is 845. The van der Waals surface area contributed by atoms with Gasteiger partial charge in [0.05, 0.1) is 12.6 Å². The van der Waals surface area contributed by atoms with Crippen LogP contribution in [0.15, 0.2) is 18.3 Å². The van der Waals surface area contributed by atoms with E-state index in [1.807, 2.05) is 0 Å². The Morgan fingerprint density at radius 3 is 2.59 bits per heavy atom. The molecule has 7 nitrogen and oxygen atoms in total. The van der Waals surface area contributed by atoms with E-state index in [0.29, 0.717) is 11.1 Å². The van der Waals surface area contributed by atoms with Gasteiger partial charge in [0.2, 0.25) is 0 Å². The van der Waals surface area contributed by atoms with Crippen molar-refractivity contribution in [3.63, 3.8) is 0 Å². The molecule has 0 bridgehead atoms. The predicted molar refractivity (Wildman–Crippen MR) is 94.9 cm³/mol. The van der Waals surface area contributed by atoms with Crippen molar-refractivity contribution in [2.24, 2.45) is 0 Å². The summed E-state index contributed by atoms with van der Waals surface area (Å²) in [4.78, 5) is 32.4. The van der Waals surface area contributed by atoms with Crippen LogP contribution >= 0.6 is 0 Å². The van der Waals surface area contributed by atoms with Crippen molar-refractivity contribution in [2.75, 3.05) is 14.2 Å². The number of ether oxygens (including phenoxy) is 1. The third-order valence-electron chi connectivity index (χ3n) is 3.81. The quantitative estimate of drug-likeness (QED) is 0.778. The van der Waals surface area contributed by atoms with Crippen LogP contribution in [0.3, 0.4) is 0 Å². The second-order valence-electron chi connectivity index (χ2n) is 7.02. The van der Waals surface area contributed by atoms with Gasteiger partial charge in [-0.15, -0.1) is 0 Å². The highest BCUT2D eigenvalue weighted by Crippen LogP contribution is 2.25. The van der Waals surface area contributed by atoms with Gasteiger partial charge < -0.3 is 15.0 Å². The first-order valence-electron chi connectivity index (χ1n) is 8.28. The fraction of sp³-hybridized carbons (Fsp3) is 0.444. The van der Waals surface area contributed by atoms with Crippen molar-refractivity contribution in [3.05, 3.63) is 35.5 Å². The molecule has 0 spiro atoms. The predicted octanol–water partition coefficient (Wildman–Crippen LogP) is 2.90. The topological polar surface area (TPSA) is 83.7 Å². The molecule has 1 unspecified atom stereocenters. The molecule has 1 aromatic carbocycles. The molecule has 2 N–H and O–H groups in total. The van der Waals surface area contributed by atoms with E-state index >= 15 is 0 Å². The number of likely N-dealkylation sites (N-methyl/N-ethyl adjacent to an activating group) is 1. The molecule has 0 saturated heterocycles. The highest BCUT2D eigenvalue weighted by atomic mass is 19.2. The zero-order valence-corrected chi connectivity index (χ0v) is 15.9. The van der Waals surface area contributed by atoms with E-state index < -0.39 is 35.3 Å². The minimum absolute atomic E-state index is 0.0635. The van der Waals surface area contributed by atoms with E-state index in [0.717, 1.165) is 11.1 Å². The number of carbonyl (C=O) groups is 2. The molecule has 0 aliphatic rings. The van der Waals surface area contributed by atoms with Crippen molar-refractivity contribution in [1.82, 2.24) is 15.4 Å². The molecular formula is C18H23F2N3O4. The monoisotopic (exact) mass is 383 g/mol. The Morgan fingerprint density at radius 2 is 2.00 bits per heavy atom. The molecule has 0 radical (unpaired) electrons. The smallest absolute Gasteiger partial charge is 0.408 e. The number of halogens is 2. The average Bonchev–Trinajstić information content (AvgIpc) is 3.05. The van der Waals surface area contributed by atoms with Gasteiger partial charge in [0.25, 0.3) is 5.91 Å². The molecule has 1 atom stereocenters. The van der Waals surface area contributed by atoms with Crippen molar-refractivity contribution in [1.29, 1.82) is 0 Å². The van der Waals surface area contributed by atoms with Gasteiger partial charge in [-0.1, -0.05) is 0 Å². The van der Waals surface area contributed by atoms with Crippen LogP contribution in [0, 0.1) is 11.6 Å². The molecule has 2 amide bonds. The number of carbonyl (C=O) groups excluding carboxylic acids is 2. The number of hydroxylamine groups is 2. The van der Waals surface area contributed by atoms with Gasteiger partial charge >= 0.3 is 6.09 Å². The van der Waals surface area contributed by atoms with Gasteiger partial charge in [-0.3, -0.25) is 9.63 Å². The molecule has 0 fully saturated rings. The van der Waals surface area contributed by atoms with E-state index in [1.54, 1.807) is 20.8 Å². The SMILES string of the molecule is CON(C)C(=O)C(Cc1cc(F)c(F)c2cc[nH]c12)NC(=O)OC(C)(C)C. The van der Waals surface area contributed by atoms with Gasteiger partial charge in [0.15, 0.2) is 11.6 Å². The highest BCUT2D eigenvalue weighted by molar-refractivity contribution is 5.87. The summed E-state index contributed by atoms with van der Waals surface area (Å²) in [5, 5.41) is 3.47. The molecule has 148 valence electrons. The number of nitrogens with one attached hydrogen (secondary N) is 2. The number of aromatic nitrogens is 1. The van der Waals surface area contributed by atoms with E-state index in [4.69, 9.17) is 9.57 Å². The summed E-state index contributed by atoms with van der Waals surface area (Å²) < 4.78 is 33.0. The number of amides is 2. The number of aromatic amines is 1. The van der Waals surface area contributed by atoms with E-state index in [1.165, 1.54) is 26.4 Å². The van der Waals surface area contributed by atoms with Crippen LogP contribution in [0.2, 0.25) is 0 Å². The maximum atomic E-state index is 13.9. The number of hydrogen-bond acceptors (Lipinski definition) is 4. The molecule has 0 saturated carbocycles. The van der Waals surface area contributed by atoms with Gasteiger partial charge in [0, 0.05) is 25.1 Å². The minimum atomic E-state index is -1.11. The fourth-order valence-electron chi connectivity index (χ4n) is 2.58. The molecule has 1 heterocycles. The van der Waals surface area contributed by atoms with Gasteiger partial charge in [-0.25, -0.2) is 18.6 Å². The number of H-pyrrole nitrogens is 1. The Morgan fingerprint density at radius 1 is 1.33 bits per heavy atom. The van der Waals surface area contributed by atoms with Gasteiger partial charge in [-0.05, 0) is 38.5 Å². The molecular weight excluding hydrogens is 360 g/mol. The fourth-order valence-corrected chi connectivity index (χ4v) is 2.58. The zero-order chi connectivity index (χ0) is 20.4. The number of benzene rings is 1. The number of nitrogens with zero attached hydrogens (tertiary/aromatic N) is 1. The summed E-state index contributed by atoms with van der Waals surface area (Å²) in [6, 6.07) is 1.29. The number of hydrogen-bond donors (Lipinski definition) is 2. The largest absolute Gasteiger partial charge is 0.444 e. The standard InChI is InChI=1S/C18H23F2N3O4/c1-18(2,3)27-17(25)22-13(16(24)23(4)26-5)9-10-8-12(19)14(20)11-6-7-21-15(10)11/h6-8,13,21H,9H2,1-5H3,(H,22,25). The zero-order valence-electron chi connectivity index (χ0n) is 15.9. The molecule has 27 heavy (non-hydrogen) atoms. The third kappa shape index (κ3) is 4.94. The summed E-state index contributed by atoms with van der Waals surface area (Å²) >= 11 is 0. The van der Waals surface area contributed by atoms with Crippen LogP contribution in [-0.2, 0) is 20.8 Å². The summed E-state index contributed by atoms with van der Waals surface area (Å²) in [5.74, 6) is -2.60. The molecule has 9 heteroatoms. The molecule has 0 aliphatic carbocycles. The number of alkyl carbamates (subject to hydrolysis) is 1. The molecule has 0 aliphatic heterocycles. The first-order chi connectivity index (χ1) is 12.5. The Balaban J connectivity index is 2.34. The lowest BCUT2D eigenvalue weighted by Gasteiger charge is -2.25. The van der Waals surface area contributed by atoms with Gasteiger partial charge in [0.1, 0.15) is 11.6 Å². The normalized spacial score (nSPS) is 12.7. The summed E-state index contributed by atoms with van der Waals surface area (Å²) in [6.07, 6.45) is 0.562. The number of rotatable bonds is 5. The number of fused-ring (bicyclic) bond motifs is 1. The lowest BCUT2D eigenvalue weighted by molar-refractivity contribution is -0.171. The summed E-state index contributed by atoms with van der Waals surface area (Å²) in [5.41, 5.74) is -0.0925. The third-order valence-corrected chi connectivity index (χ3v) is 3.81. The van der Waals surface area contributed by atoms with Crippen LogP contribution in [-0.4, -0.2) is 47.8 Å². The molecule has 2 rings (SSSR count). The van der Waals surface area contributed by atoms with Crippen LogP contribution in [0.1, 0.15) is 26.3 Å². The Kier molecular flexibility index (Phi) is 6.04. The van der Waals surface area contributed by atoms with Gasteiger partial charge in [-0.2, -0.15) is 0 Å². The lowest BCUT2D eigenvalue weighted by atomic mass is 10.0. The highest BCUT2D eigenvalue weighted by Gasteiger charge is 2.28. The first-order valence-corrected chi connectivity index (χ1v) is 8.28. The maximum Gasteiger partial charge on any atom is 0.408 e.